The Morgan fingerprint density at radius 2 is 1.84 bits per heavy atom. The van der Waals surface area contributed by atoms with Crippen molar-refractivity contribution < 1.29 is 0 Å². The van der Waals surface area contributed by atoms with E-state index in [0.29, 0.717) is 21.1 Å². The van der Waals surface area contributed by atoms with E-state index in [9.17, 15) is 0 Å². The van der Waals surface area contributed by atoms with Gasteiger partial charge in [0.1, 0.15) is 10.7 Å². The lowest BCUT2D eigenvalue weighted by atomic mass is 10.3. The van der Waals surface area contributed by atoms with Gasteiger partial charge in [-0.25, -0.2) is 9.97 Å². The molecule has 3 aromatic heterocycles. The highest BCUT2D eigenvalue weighted by Gasteiger charge is 2.17. The van der Waals surface area contributed by atoms with Crippen LogP contribution < -0.4 is 5.32 Å². The molecule has 1 aromatic carbocycles. The van der Waals surface area contributed by atoms with E-state index in [-0.39, 0.29) is 6.04 Å². The quantitative estimate of drug-likeness (QED) is 0.407. The fraction of sp³-hybridized carbons (Fsp3) is 0.176. The number of benzene rings is 1. The first kappa shape index (κ1) is 16.5. The van der Waals surface area contributed by atoms with Crippen LogP contribution in [-0.2, 0) is 0 Å². The van der Waals surface area contributed by atoms with Gasteiger partial charge in [-0.1, -0.05) is 34.8 Å². The summed E-state index contributed by atoms with van der Waals surface area (Å²) >= 11 is 18.4. The summed E-state index contributed by atoms with van der Waals surface area (Å²) in [5, 5.41) is 4.77. The zero-order valence-corrected chi connectivity index (χ0v) is 15.7. The number of aromatic amines is 1. The van der Waals surface area contributed by atoms with Gasteiger partial charge in [0, 0.05) is 12.2 Å². The molecule has 3 heterocycles. The molecule has 0 aliphatic heterocycles. The van der Waals surface area contributed by atoms with Gasteiger partial charge in [-0.3, -0.25) is 0 Å². The second kappa shape index (κ2) is 6.09. The van der Waals surface area contributed by atoms with Gasteiger partial charge < -0.3 is 14.9 Å². The fourth-order valence-corrected chi connectivity index (χ4v) is 3.36. The Hall–Kier alpha value is -1.95. The predicted octanol–water partition coefficient (Wildman–Crippen LogP) is 6.20. The Morgan fingerprint density at radius 3 is 2.60 bits per heavy atom. The largest absolute Gasteiger partial charge is 0.358 e. The van der Waals surface area contributed by atoms with Gasteiger partial charge in [0.2, 0.25) is 5.95 Å². The number of imidazole rings is 1. The van der Waals surface area contributed by atoms with Crippen molar-refractivity contribution >= 4 is 68.5 Å². The normalized spacial score (nSPS) is 11.8. The van der Waals surface area contributed by atoms with Crippen LogP contribution in [0.15, 0.2) is 30.5 Å². The van der Waals surface area contributed by atoms with Gasteiger partial charge in [0.25, 0.3) is 0 Å². The van der Waals surface area contributed by atoms with E-state index < -0.39 is 0 Å². The van der Waals surface area contributed by atoms with Crippen molar-refractivity contribution in [2.24, 2.45) is 0 Å². The fourth-order valence-electron chi connectivity index (χ4n) is 2.89. The Kier molecular flexibility index (Phi) is 4.02. The SMILES string of the molecule is CC(C)n1c(Nc2c[nH]c3ccc(Cl)nc23)nc2cc(Cl)c(Cl)cc21. The summed E-state index contributed by atoms with van der Waals surface area (Å²) in [4.78, 5) is 12.2. The van der Waals surface area contributed by atoms with Crippen LogP contribution in [-0.4, -0.2) is 19.5 Å². The Morgan fingerprint density at radius 1 is 1.08 bits per heavy atom. The molecule has 0 unspecified atom stereocenters. The first-order valence-electron chi connectivity index (χ1n) is 7.71. The highest BCUT2D eigenvalue weighted by Crippen LogP contribution is 2.33. The van der Waals surface area contributed by atoms with E-state index in [1.54, 1.807) is 12.1 Å². The number of aromatic nitrogens is 4. The third-order valence-corrected chi connectivity index (χ3v) is 4.92. The molecule has 8 heteroatoms. The number of H-pyrrole nitrogens is 1. The van der Waals surface area contributed by atoms with Crippen LogP contribution in [0.25, 0.3) is 22.1 Å². The molecule has 0 atom stereocenters. The lowest BCUT2D eigenvalue weighted by Crippen LogP contribution is -2.06. The molecule has 0 saturated carbocycles. The van der Waals surface area contributed by atoms with Crippen LogP contribution in [0.4, 0.5) is 11.6 Å². The summed E-state index contributed by atoms with van der Waals surface area (Å²) in [6.45, 7) is 4.16. The summed E-state index contributed by atoms with van der Waals surface area (Å²) < 4.78 is 2.07. The smallest absolute Gasteiger partial charge is 0.208 e. The van der Waals surface area contributed by atoms with Crippen LogP contribution in [0.5, 0.6) is 0 Å². The number of fused-ring (bicyclic) bond motifs is 2. The molecule has 5 nitrogen and oxygen atoms in total. The van der Waals surface area contributed by atoms with Crippen LogP contribution in [0.1, 0.15) is 19.9 Å². The van der Waals surface area contributed by atoms with Gasteiger partial charge in [-0.15, -0.1) is 0 Å². The van der Waals surface area contributed by atoms with Crippen LogP contribution in [0, 0.1) is 0 Å². The average Bonchev–Trinajstić information content (AvgIpc) is 3.09. The van der Waals surface area contributed by atoms with Crippen molar-refractivity contribution in [1.29, 1.82) is 0 Å². The second-order valence-corrected chi connectivity index (χ2v) is 7.21. The molecule has 0 bridgehead atoms. The first-order valence-corrected chi connectivity index (χ1v) is 8.85. The first-order chi connectivity index (χ1) is 11.9. The zero-order valence-electron chi connectivity index (χ0n) is 13.4. The number of anilines is 2. The highest BCUT2D eigenvalue weighted by atomic mass is 35.5. The van der Waals surface area contributed by atoms with Gasteiger partial charge in [-0.2, -0.15) is 0 Å². The molecule has 128 valence electrons. The van der Waals surface area contributed by atoms with E-state index in [2.05, 4.69) is 38.7 Å². The van der Waals surface area contributed by atoms with Gasteiger partial charge in [-0.05, 0) is 38.1 Å². The third kappa shape index (κ3) is 2.82. The molecular weight excluding hydrogens is 381 g/mol. The highest BCUT2D eigenvalue weighted by molar-refractivity contribution is 6.42. The number of nitrogens with zero attached hydrogens (tertiary/aromatic N) is 3. The maximum Gasteiger partial charge on any atom is 0.208 e. The molecule has 0 aliphatic carbocycles. The molecule has 0 amide bonds. The van der Waals surface area contributed by atoms with E-state index in [0.717, 1.165) is 27.8 Å². The molecule has 0 spiro atoms. The van der Waals surface area contributed by atoms with E-state index in [4.69, 9.17) is 34.8 Å². The van der Waals surface area contributed by atoms with Gasteiger partial charge in [0.15, 0.2) is 0 Å². The van der Waals surface area contributed by atoms with Crippen molar-refractivity contribution in [2.45, 2.75) is 19.9 Å². The summed E-state index contributed by atoms with van der Waals surface area (Å²) in [6, 6.07) is 7.42. The Labute approximate surface area is 158 Å². The van der Waals surface area contributed by atoms with Crippen LogP contribution >= 0.6 is 34.8 Å². The van der Waals surface area contributed by atoms with Crippen LogP contribution in [0.2, 0.25) is 15.2 Å². The van der Waals surface area contributed by atoms with E-state index in [1.165, 1.54) is 0 Å². The lowest BCUT2D eigenvalue weighted by molar-refractivity contribution is 0.626. The summed E-state index contributed by atoms with van der Waals surface area (Å²) in [5.41, 5.74) is 4.14. The predicted molar refractivity (Wildman–Crippen MR) is 105 cm³/mol. The molecule has 0 fully saturated rings. The third-order valence-electron chi connectivity index (χ3n) is 3.98. The van der Waals surface area contributed by atoms with Crippen molar-refractivity contribution in [3.63, 3.8) is 0 Å². The average molecular weight is 395 g/mol. The topological polar surface area (TPSA) is 58.5 Å². The standard InChI is InChI=1S/C17H14Cl3N5/c1-8(2)25-14-6-10(19)9(18)5-12(14)22-17(25)23-13-7-21-11-3-4-15(20)24-16(11)13/h3-8,21H,1-2H3,(H,22,23). The minimum atomic E-state index is 0.173. The number of hydrogen-bond acceptors (Lipinski definition) is 3. The number of hydrogen-bond donors (Lipinski definition) is 2. The van der Waals surface area contributed by atoms with E-state index >= 15 is 0 Å². The number of halogens is 3. The number of nitrogens with one attached hydrogen (secondary N) is 2. The molecule has 2 N–H and O–H groups in total. The monoisotopic (exact) mass is 393 g/mol. The maximum absolute atomic E-state index is 6.19. The van der Waals surface area contributed by atoms with Crippen molar-refractivity contribution in [3.8, 4) is 0 Å². The van der Waals surface area contributed by atoms with E-state index in [1.807, 2.05) is 18.3 Å². The van der Waals surface area contributed by atoms with Crippen LogP contribution in [0.3, 0.4) is 0 Å². The van der Waals surface area contributed by atoms with Crippen molar-refractivity contribution in [3.05, 3.63) is 45.7 Å². The molecule has 25 heavy (non-hydrogen) atoms. The second-order valence-electron chi connectivity index (χ2n) is 6.01. The number of rotatable bonds is 3. The maximum atomic E-state index is 6.19. The lowest BCUT2D eigenvalue weighted by Gasteiger charge is -2.13. The molecule has 0 radical (unpaired) electrons. The zero-order chi connectivity index (χ0) is 17.7. The number of pyridine rings is 1. The minimum Gasteiger partial charge on any atom is -0.358 e. The van der Waals surface area contributed by atoms with Gasteiger partial charge >= 0.3 is 0 Å². The minimum absolute atomic E-state index is 0.173. The van der Waals surface area contributed by atoms with Crippen molar-refractivity contribution in [1.82, 2.24) is 19.5 Å². The molecule has 4 rings (SSSR count). The molecule has 0 saturated heterocycles. The molecule has 0 aliphatic rings. The Balaban J connectivity index is 1.88. The molecular formula is C17H14Cl3N5. The van der Waals surface area contributed by atoms with Crippen molar-refractivity contribution in [2.75, 3.05) is 5.32 Å². The molecule has 4 aromatic rings. The summed E-state index contributed by atoms with van der Waals surface area (Å²) in [5.74, 6) is 0.686. The van der Waals surface area contributed by atoms with Gasteiger partial charge in [0.05, 0.1) is 32.3 Å². The summed E-state index contributed by atoms with van der Waals surface area (Å²) in [6.07, 6.45) is 1.85. The Bertz CT molecular complexity index is 1100. The summed E-state index contributed by atoms with van der Waals surface area (Å²) in [7, 11) is 0.